The lowest BCUT2D eigenvalue weighted by atomic mass is 12.0. The van der Waals surface area contributed by atoms with Crippen LogP contribution in [-0.2, 0) is 0 Å². The van der Waals surface area contributed by atoms with Crippen molar-refractivity contribution in [1.29, 1.82) is 0 Å². The first kappa shape index (κ1) is 275. The predicted molar refractivity (Wildman–Crippen MR) is 74.0 cm³/mol. The Hall–Kier alpha value is 0. The minimum Gasteiger partial charge on any atom is -0.0776 e. The van der Waals surface area contributed by atoms with E-state index in [-0.39, 0.29) is 81.6 Å². The maximum Gasteiger partial charge on any atom is 0.0194 e. The van der Waals surface area contributed by atoms with Gasteiger partial charge in [0.15, 0.2) is 0 Å². The molecule has 0 spiro atoms. The van der Waals surface area contributed by atoms with Crippen LogP contribution in [0.2, 0.25) is 0 Å². The minimum atomic E-state index is -0.250. The summed E-state index contributed by atoms with van der Waals surface area (Å²) < 4.78 is 11.8. The van der Waals surface area contributed by atoms with Gasteiger partial charge in [-0.25, -0.2) is 0 Å². The van der Waals surface area contributed by atoms with Gasteiger partial charge >= 0.3 is 0 Å². The van der Waals surface area contributed by atoms with Crippen LogP contribution in [0.1, 0.15) is 84.4 Å². The molecule has 0 aliphatic carbocycles. The molecule has 0 nitrogen and oxygen atoms in total. The van der Waals surface area contributed by atoms with Crippen LogP contribution in [0.4, 0.5) is 0 Å². The van der Waals surface area contributed by atoms with Crippen molar-refractivity contribution in [3.05, 3.63) is 0 Å². The van der Waals surface area contributed by atoms with Crippen molar-refractivity contribution in [2.75, 3.05) is 0 Å². The van der Waals surface area contributed by atoms with Gasteiger partial charge in [-0.3, -0.25) is 0 Å². The summed E-state index contributed by atoms with van der Waals surface area (Å²) in [5, 5.41) is 0. The summed E-state index contributed by atoms with van der Waals surface area (Å²) in [5.74, 6) is 0. The van der Waals surface area contributed by atoms with E-state index in [1.165, 1.54) is 0 Å². The number of hydrogen-bond donors (Lipinski definition) is 0. The molecule has 0 saturated heterocycles. The van der Waals surface area contributed by atoms with E-state index in [1.54, 1.807) is 0 Å². The lowest BCUT2D eigenvalue weighted by Gasteiger charge is -0.0786. The van der Waals surface area contributed by atoms with Crippen LogP contribution in [-0.4, -0.2) is 0 Å². The molecule has 0 aliphatic heterocycles. The Morgan fingerprint density at radius 3 is 0.364 bits per heavy atom. The van der Waals surface area contributed by atoms with E-state index >= 15 is 0 Å². The molecule has 11 heavy (non-hydrogen) atoms. The molecule has 0 amide bonds. The first-order chi connectivity index (χ1) is 1.41. The molecule has 0 heterocycles. The van der Waals surface area contributed by atoms with Gasteiger partial charge in [-0.15, -0.1) is 0 Å². The van der Waals surface area contributed by atoms with E-state index in [0.717, 1.165) is 0 Å². The maximum absolute atomic E-state index is 5.88. The second-order valence-corrected chi connectivity index (χ2v) is 0. The fourth-order valence-electron chi connectivity index (χ4n) is 0. The SMILES string of the molecule is C.C.C.C.C.C.C.C.C.C.[3H]C[3H]. The molecule has 0 heteroatoms. The summed E-state index contributed by atoms with van der Waals surface area (Å²) in [6, 6.07) is 0. The van der Waals surface area contributed by atoms with Crippen molar-refractivity contribution >= 4 is 0 Å². The predicted octanol–water partition coefficient (Wildman–Crippen LogP) is 7.00. The quantitative estimate of drug-likeness (QED) is 0.376. The van der Waals surface area contributed by atoms with Gasteiger partial charge in [0, 0.05) is 2.74 Å². The smallest absolute Gasteiger partial charge is 0.0194 e. The standard InChI is InChI=1S/11CH4/h11*1H4/i1T2;;;;;;;;;;. The summed E-state index contributed by atoms with van der Waals surface area (Å²) in [6.07, 6.45) is 0. The molecule has 0 fully saturated rings. The number of rotatable bonds is 0. The second-order valence-electron chi connectivity index (χ2n) is 0. The first-order valence-corrected chi connectivity index (χ1v) is 0. The Morgan fingerprint density at radius 1 is 0.364 bits per heavy atom. The molecule has 0 aromatic heterocycles. The first-order valence-electron chi connectivity index (χ1n) is 1.41. The van der Waals surface area contributed by atoms with Crippen molar-refractivity contribution in [3.8, 4) is 0 Å². The van der Waals surface area contributed by atoms with Gasteiger partial charge in [-0.1, -0.05) is 81.6 Å². The normalized spacial score (nSPS) is 1.82. The van der Waals surface area contributed by atoms with Crippen LogP contribution in [0.15, 0.2) is 0 Å². The molecule has 88 valence electrons. The average Bonchev–Trinajstić information content (AvgIpc) is 0.918. The highest BCUT2D eigenvalue weighted by molar-refractivity contribution is 2.51. The van der Waals surface area contributed by atoms with Crippen molar-refractivity contribution in [2.45, 2.75) is 81.6 Å². The molecule has 0 aromatic carbocycles. The minimum absolute atomic E-state index is 0. The zero-order valence-electron chi connectivity index (χ0n) is 2.71. The van der Waals surface area contributed by atoms with Crippen LogP contribution < -0.4 is 0 Å². The summed E-state index contributed by atoms with van der Waals surface area (Å²) >= 11 is 0. The van der Waals surface area contributed by atoms with E-state index in [9.17, 15) is 0 Å². The molecule has 0 aliphatic rings. The molecular formula is C11H44. The van der Waals surface area contributed by atoms with Gasteiger partial charge in [0.1, 0.15) is 0 Å². The Kier molecular flexibility index (Phi) is 0. The summed E-state index contributed by atoms with van der Waals surface area (Å²) in [5.41, 5.74) is 0. The molecule has 0 unspecified atom stereocenters. The van der Waals surface area contributed by atoms with Gasteiger partial charge < -0.3 is 0 Å². The molecular weight excluding hydrogens is 132 g/mol. The summed E-state index contributed by atoms with van der Waals surface area (Å²) in [6.45, 7) is 0. The van der Waals surface area contributed by atoms with E-state index in [0.29, 0.717) is 0 Å². The highest BCUT2D eigenvalue weighted by Gasteiger charge is -0.0676. The zero-order chi connectivity index (χ0) is 2.71. The molecule has 0 bridgehead atoms. The fraction of sp³-hybridized carbons (Fsp3) is 1.00. The Labute approximate surface area is 85.3 Å². The second kappa shape index (κ2) is 0. The highest BCUT2D eigenvalue weighted by atomic mass is 12.0. The average molecular weight is 180 g/mol. The lowest BCUT2D eigenvalue weighted by molar-refractivity contribution is 2.50. The fourth-order valence-corrected chi connectivity index (χ4v) is 0. The van der Waals surface area contributed by atoms with Gasteiger partial charge in [0.05, 0.1) is 0 Å². The van der Waals surface area contributed by atoms with Crippen LogP contribution in [0.3, 0.4) is 0 Å². The van der Waals surface area contributed by atoms with Crippen LogP contribution >= 0.6 is 0 Å². The van der Waals surface area contributed by atoms with Crippen LogP contribution in [0.5, 0.6) is 0 Å². The molecule has 0 atom stereocenters. The van der Waals surface area contributed by atoms with Crippen molar-refractivity contribution < 1.29 is 2.74 Å². The van der Waals surface area contributed by atoms with Crippen molar-refractivity contribution in [3.63, 3.8) is 0 Å². The molecule has 0 saturated carbocycles. The Morgan fingerprint density at radius 2 is 0.364 bits per heavy atom. The Balaban J connectivity index is -0.000000000444. The topological polar surface area (TPSA) is 0 Å². The van der Waals surface area contributed by atoms with Gasteiger partial charge in [-0.05, 0) is 0 Å². The maximum atomic E-state index is 5.88. The van der Waals surface area contributed by atoms with Crippen LogP contribution in [0.25, 0.3) is 0 Å². The van der Waals surface area contributed by atoms with Crippen molar-refractivity contribution in [1.82, 2.24) is 0 Å². The van der Waals surface area contributed by atoms with Gasteiger partial charge in [-0.2, -0.15) is 0 Å². The number of hydrogen-bond acceptors (Lipinski definition) is 0. The highest BCUT2D eigenvalue weighted by Crippen LogP contribution is 0.154. The zero-order valence-corrected chi connectivity index (χ0v) is 0.707. The molecule has 0 aromatic rings. The van der Waals surface area contributed by atoms with E-state index < -0.39 is 0 Å². The summed E-state index contributed by atoms with van der Waals surface area (Å²) in [4.78, 5) is 0. The monoisotopic (exact) mass is 180 g/mol. The van der Waals surface area contributed by atoms with E-state index in [4.69, 9.17) is 2.74 Å². The van der Waals surface area contributed by atoms with E-state index in [2.05, 4.69) is 0 Å². The third kappa shape index (κ3) is 0. The largest absolute Gasteiger partial charge is 0.0776 e. The van der Waals surface area contributed by atoms with Crippen molar-refractivity contribution in [2.24, 2.45) is 0 Å². The van der Waals surface area contributed by atoms with E-state index in [1.807, 2.05) is 0 Å². The Bertz CT molecular complexity index is 8.05. The summed E-state index contributed by atoms with van der Waals surface area (Å²) in [7, 11) is -0.250. The third-order valence-electron chi connectivity index (χ3n) is 0. The van der Waals surface area contributed by atoms with Crippen LogP contribution in [0, 0.1) is 0 Å². The molecule has 0 N–H and O–H groups in total. The third-order valence-corrected chi connectivity index (χ3v) is 0. The molecule has 0 radical (unpaired) electrons. The van der Waals surface area contributed by atoms with Gasteiger partial charge in [0.2, 0.25) is 0 Å². The molecule has 0 rings (SSSR count). The lowest BCUT2D eigenvalue weighted by Crippen LogP contribution is 0.143. The van der Waals surface area contributed by atoms with Gasteiger partial charge in [0.25, 0.3) is 0 Å².